The molecule has 2 aliphatic rings. The minimum absolute atomic E-state index is 0.0230. The second kappa shape index (κ2) is 4.60. The van der Waals surface area contributed by atoms with Gasteiger partial charge in [0, 0.05) is 19.5 Å². The Morgan fingerprint density at radius 3 is 2.29 bits per heavy atom. The van der Waals surface area contributed by atoms with Crippen LogP contribution in [0.25, 0.3) is 0 Å². The maximum atomic E-state index is 11.7. The van der Waals surface area contributed by atoms with Gasteiger partial charge in [0.25, 0.3) is 0 Å². The average Bonchev–Trinajstić information content (AvgIpc) is 2.13. The molecule has 0 aromatic heterocycles. The normalized spacial score (nSPS) is 24.4. The summed E-state index contributed by atoms with van der Waals surface area (Å²) in [6.45, 7) is 8.17. The SMILES string of the molecule is CC(C)(C)OC(=O)CC1CCC2(CC1)CNC2. The molecule has 0 atom stereocenters. The van der Waals surface area contributed by atoms with Gasteiger partial charge in [0.05, 0.1) is 0 Å². The molecule has 1 saturated carbocycles. The van der Waals surface area contributed by atoms with Crippen LogP contribution < -0.4 is 5.32 Å². The number of rotatable bonds is 2. The maximum Gasteiger partial charge on any atom is 0.306 e. The Morgan fingerprint density at radius 1 is 1.29 bits per heavy atom. The molecule has 0 unspecified atom stereocenters. The van der Waals surface area contributed by atoms with E-state index in [0.29, 0.717) is 17.8 Å². The molecule has 0 aromatic rings. The second-order valence-corrected chi connectivity index (χ2v) is 6.84. The van der Waals surface area contributed by atoms with Gasteiger partial charge in [-0.15, -0.1) is 0 Å². The van der Waals surface area contributed by atoms with Crippen LogP contribution in [0.5, 0.6) is 0 Å². The van der Waals surface area contributed by atoms with E-state index in [1.807, 2.05) is 20.8 Å². The molecule has 1 aliphatic carbocycles. The smallest absolute Gasteiger partial charge is 0.306 e. The highest BCUT2D eigenvalue weighted by Crippen LogP contribution is 2.42. The summed E-state index contributed by atoms with van der Waals surface area (Å²) in [4.78, 5) is 11.7. The van der Waals surface area contributed by atoms with Crippen LogP contribution in [0.2, 0.25) is 0 Å². The summed E-state index contributed by atoms with van der Waals surface area (Å²) in [5.41, 5.74) is 0.245. The van der Waals surface area contributed by atoms with Crippen LogP contribution in [-0.2, 0) is 9.53 Å². The fourth-order valence-corrected chi connectivity index (χ4v) is 2.95. The monoisotopic (exact) mass is 239 g/mol. The van der Waals surface area contributed by atoms with Crippen LogP contribution in [-0.4, -0.2) is 24.7 Å². The number of hydrogen-bond acceptors (Lipinski definition) is 3. The van der Waals surface area contributed by atoms with Gasteiger partial charge < -0.3 is 10.1 Å². The molecule has 2 fully saturated rings. The van der Waals surface area contributed by atoms with Gasteiger partial charge in [0.1, 0.15) is 5.60 Å². The number of esters is 1. The van der Waals surface area contributed by atoms with Crippen molar-refractivity contribution < 1.29 is 9.53 Å². The van der Waals surface area contributed by atoms with Crippen LogP contribution >= 0.6 is 0 Å². The first-order valence-electron chi connectivity index (χ1n) is 6.81. The van der Waals surface area contributed by atoms with Crippen molar-refractivity contribution in [3.63, 3.8) is 0 Å². The third-order valence-corrected chi connectivity index (χ3v) is 4.04. The molecule has 3 nitrogen and oxygen atoms in total. The van der Waals surface area contributed by atoms with Gasteiger partial charge in [0.15, 0.2) is 0 Å². The van der Waals surface area contributed by atoms with Crippen LogP contribution in [0.4, 0.5) is 0 Å². The minimum atomic E-state index is -0.342. The Hall–Kier alpha value is -0.570. The Balaban J connectivity index is 1.72. The number of carbonyl (C=O) groups is 1. The molecule has 0 bridgehead atoms. The topological polar surface area (TPSA) is 38.3 Å². The number of nitrogens with one attached hydrogen (secondary N) is 1. The lowest BCUT2D eigenvalue weighted by atomic mass is 9.66. The van der Waals surface area contributed by atoms with Crippen molar-refractivity contribution in [2.75, 3.05) is 13.1 Å². The van der Waals surface area contributed by atoms with Crippen LogP contribution in [0.1, 0.15) is 52.9 Å². The fraction of sp³-hybridized carbons (Fsp3) is 0.929. The Bertz CT molecular complexity index is 279. The van der Waals surface area contributed by atoms with Gasteiger partial charge in [-0.2, -0.15) is 0 Å². The largest absolute Gasteiger partial charge is 0.460 e. The van der Waals surface area contributed by atoms with E-state index in [9.17, 15) is 4.79 Å². The van der Waals surface area contributed by atoms with Crippen LogP contribution in [0.15, 0.2) is 0 Å². The predicted octanol–water partition coefficient (Wildman–Crippen LogP) is 2.50. The molecule has 0 radical (unpaired) electrons. The highest BCUT2D eigenvalue weighted by atomic mass is 16.6. The van der Waals surface area contributed by atoms with Gasteiger partial charge in [-0.1, -0.05) is 0 Å². The van der Waals surface area contributed by atoms with E-state index in [-0.39, 0.29) is 11.6 Å². The fourth-order valence-electron chi connectivity index (χ4n) is 2.95. The first-order chi connectivity index (χ1) is 7.89. The van der Waals surface area contributed by atoms with Crippen molar-refractivity contribution in [3.05, 3.63) is 0 Å². The minimum Gasteiger partial charge on any atom is -0.460 e. The van der Waals surface area contributed by atoms with Gasteiger partial charge in [-0.05, 0) is 57.8 Å². The molecule has 1 N–H and O–H groups in total. The lowest BCUT2D eigenvalue weighted by molar-refractivity contribution is -0.156. The highest BCUT2D eigenvalue weighted by Gasteiger charge is 2.40. The second-order valence-electron chi connectivity index (χ2n) is 6.84. The number of ether oxygens (including phenoxy) is 1. The van der Waals surface area contributed by atoms with E-state index in [1.54, 1.807) is 0 Å². The van der Waals surface area contributed by atoms with E-state index >= 15 is 0 Å². The van der Waals surface area contributed by atoms with E-state index in [1.165, 1.54) is 38.8 Å². The standard InChI is InChI=1S/C14H25NO2/c1-13(2,3)17-12(16)8-11-4-6-14(7-5-11)9-15-10-14/h11,15H,4-10H2,1-3H3. The van der Waals surface area contributed by atoms with Gasteiger partial charge >= 0.3 is 5.97 Å². The highest BCUT2D eigenvalue weighted by molar-refractivity contribution is 5.70. The maximum absolute atomic E-state index is 11.7. The molecule has 3 heteroatoms. The summed E-state index contributed by atoms with van der Waals surface area (Å²) < 4.78 is 5.38. The third-order valence-electron chi connectivity index (χ3n) is 4.04. The van der Waals surface area contributed by atoms with Crippen molar-refractivity contribution in [3.8, 4) is 0 Å². The molecular weight excluding hydrogens is 214 g/mol. The van der Waals surface area contributed by atoms with Crippen molar-refractivity contribution in [2.24, 2.45) is 11.3 Å². The molecule has 1 aliphatic heterocycles. The molecule has 0 aromatic carbocycles. The Kier molecular flexibility index (Phi) is 3.48. The molecule has 1 heterocycles. The summed E-state index contributed by atoms with van der Waals surface area (Å²) in [7, 11) is 0. The summed E-state index contributed by atoms with van der Waals surface area (Å²) in [5, 5.41) is 3.37. The lowest BCUT2D eigenvalue weighted by Crippen LogP contribution is -2.54. The molecule has 0 amide bonds. The quantitative estimate of drug-likeness (QED) is 0.752. The Labute approximate surface area is 104 Å². The van der Waals surface area contributed by atoms with E-state index in [0.717, 1.165) is 0 Å². The molecular formula is C14H25NO2. The average molecular weight is 239 g/mol. The lowest BCUT2D eigenvalue weighted by Gasteiger charge is -2.47. The molecule has 1 saturated heterocycles. The molecule has 2 rings (SSSR count). The van der Waals surface area contributed by atoms with E-state index in [2.05, 4.69) is 5.32 Å². The summed E-state index contributed by atoms with van der Waals surface area (Å²) in [6, 6.07) is 0. The zero-order valence-corrected chi connectivity index (χ0v) is 11.3. The first-order valence-corrected chi connectivity index (χ1v) is 6.81. The van der Waals surface area contributed by atoms with Gasteiger partial charge in [0.2, 0.25) is 0 Å². The van der Waals surface area contributed by atoms with Gasteiger partial charge in [-0.25, -0.2) is 0 Å². The van der Waals surface area contributed by atoms with E-state index < -0.39 is 0 Å². The van der Waals surface area contributed by atoms with Crippen molar-refractivity contribution >= 4 is 5.97 Å². The Morgan fingerprint density at radius 2 is 1.88 bits per heavy atom. The van der Waals surface area contributed by atoms with Crippen molar-refractivity contribution in [2.45, 2.75) is 58.5 Å². The van der Waals surface area contributed by atoms with Crippen molar-refractivity contribution in [1.29, 1.82) is 0 Å². The zero-order valence-electron chi connectivity index (χ0n) is 11.3. The number of hydrogen-bond donors (Lipinski definition) is 1. The number of carbonyl (C=O) groups excluding carboxylic acids is 1. The third kappa shape index (κ3) is 3.44. The summed E-state index contributed by atoms with van der Waals surface area (Å²) in [5.74, 6) is 0.529. The zero-order chi connectivity index (χ0) is 12.5. The van der Waals surface area contributed by atoms with Gasteiger partial charge in [-0.3, -0.25) is 4.79 Å². The first kappa shape index (κ1) is 12.9. The van der Waals surface area contributed by atoms with Crippen LogP contribution in [0, 0.1) is 11.3 Å². The summed E-state index contributed by atoms with van der Waals surface area (Å²) in [6.07, 6.45) is 5.57. The molecule has 17 heavy (non-hydrogen) atoms. The molecule has 1 spiro atoms. The molecule has 98 valence electrons. The van der Waals surface area contributed by atoms with E-state index in [4.69, 9.17) is 4.74 Å². The summed E-state index contributed by atoms with van der Waals surface area (Å²) >= 11 is 0. The predicted molar refractivity (Wildman–Crippen MR) is 67.7 cm³/mol. The van der Waals surface area contributed by atoms with Crippen molar-refractivity contribution in [1.82, 2.24) is 5.32 Å². The van der Waals surface area contributed by atoms with Crippen LogP contribution in [0.3, 0.4) is 0 Å².